The van der Waals surface area contributed by atoms with E-state index in [-0.39, 0.29) is 0 Å². The van der Waals surface area contributed by atoms with Crippen LogP contribution in [0.25, 0.3) is 6.08 Å². The maximum absolute atomic E-state index is 3.69. The van der Waals surface area contributed by atoms with Crippen LogP contribution < -0.4 is 3.87 Å². The zero-order valence-electron chi connectivity index (χ0n) is 5.09. The van der Waals surface area contributed by atoms with E-state index >= 15 is 0 Å². The molecule has 0 unspecified atom stereocenters. The molecule has 0 aliphatic carbocycles. The molecule has 0 nitrogen and oxygen atoms in total. The first-order valence-corrected chi connectivity index (χ1v) is 3.56. The van der Waals surface area contributed by atoms with Gasteiger partial charge in [-0.2, -0.15) is 0 Å². The van der Waals surface area contributed by atoms with Crippen LogP contribution in [0.5, 0.6) is 0 Å². The van der Waals surface area contributed by atoms with Crippen LogP contribution >= 0.6 is 0 Å². The Bertz CT molecular complexity index is 216. The second kappa shape index (κ2) is 3.00. The van der Waals surface area contributed by atoms with E-state index in [1.807, 2.05) is 18.2 Å². The molecule has 1 aromatic rings. The van der Waals surface area contributed by atoms with Crippen LogP contribution in [0.1, 0.15) is 5.56 Å². The van der Waals surface area contributed by atoms with Gasteiger partial charge in [0.25, 0.3) is 0 Å². The van der Waals surface area contributed by atoms with E-state index in [4.69, 9.17) is 0 Å². The van der Waals surface area contributed by atoms with Gasteiger partial charge in [-0.3, -0.25) is 0 Å². The minimum absolute atomic E-state index is 1.22. The van der Waals surface area contributed by atoms with Crippen molar-refractivity contribution < 1.29 is 20.4 Å². The van der Waals surface area contributed by atoms with Crippen molar-refractivity contribution in [2.45, 2.75) is 0 Å². The van der Waals surface area contributed by atoms with Crippen molar-refractivity contribution in [1.29, 1.82) is 0 Å². The Labute approximate surface area is 67.0 Å². The van der Waals surface area contributed by atoms with Crippen LogP contribution in [0, 0.1) is 0 Å². The first-order chi connectivity index (χ1) is 4.34. The van der Waals surface area contributed by atoms with E-state index in [9.17, 15) is 0 Å². The first-order valence-electron chi connectivity index (χ1n) is 2.77. The normalized spacial score (nSPS) is 8.78. The third-order valence-electron chi connectivity index (χ3n) is 1.18. The number of hydrogen-bond donors (Lipinski definition) is 0. The molecule has 0 aliphatic heterocycles. The summed E-state index contributed by atoms with van der Waals surface area (Å²) in [4.78, 5) is 0. The molecule has 0 fully saturated rings. The van der Waals surface area contributed by atoms with Gasteiger partial charge in [0.2, 0.25) is 0 Å². The van der Waals surface area contributed by atoms with Gasteiger partial charge in [0, 0.05) is 0 Å². The van der Waals surface area contributed by atoms with E-state index in [0.717, 1.165) is 0 Å². The third kappa shape index (κ3) is 1.54. The molecule has 1 heteroatoms. The van der Waals surface area contributed by atoms with Crippen LogP contribution in [0.3, 0.4) is 0 Å². The molecule has 1 aromatic carbocycles. The van der Waals surface area contributed by atoms with Crippen molar-refractivity contribution in [3.8, 4) is 0 Å². The van der Waals surface area contributed by atoms with E-state index < -0.39 is 0 Å². The average Bonchev–Trinajstić information content (AvgIpc) is 1.89. The van der Waals surface area contributed by atoms with Crippen molar-refractivity contribution in [3.63, 3.8) is 0 Å². The second-order valence-corrected chi connectivity index (χ2v) is 2.63. The molecule has 0 aliphatic rings. The van der Waals surface area contributed by atoms with Crippen molar-refractivity contribution in [2.75, 3.05) is 0 Å². The van der Waals surface area contributed by atoms with Crippen LogP contribution in [0.2, 0.25) is 0 Å². The summed E-state index contributed by atoms with van der Waals surface area (Å²) in [7, 11) is 0. The van der Waals surface area contributed by atoms with Crippen molar-refractivity contribution in [3.05, 3.63) is 36.4 Å². The molecule has 0 saturated carbocycles. The summed E-state index contributed by atoms with van der Waals surface area (Å²) in [6.45, 7) is 3.69. The third-order valence-corrected chi connectivity index (χ3v) is 1.89. The van der Waals surface area contributed by atoms with Crippen molar-refractivity contribution in [2.24, 2.45) is 0 Å². The van der Waals surface area contributed by atoms with Gasteiger partial charge >= 0.3 is 66.8 Å². The fraction of sp³-hybridized carbons (Fsp3) is 0. The quantitative estimate of drug-likeness (QED) is 0.533. The van der Waals surface area contributed by atoms with E-state index in [0.29, 0.717) is 0 Å². The van der Waals surface area contributed by atoms with Crippen molar-refractivity contribution in [1.82, 2.24) is 0 Å². The summed E-state index contributed by atoms with van der Waals surface area (Å²) < 4.78 is 1.28. The Kier molecular flexibility index (Phi) is 2.26. The van der Waals surface area contributed by atoms with Crippen LogP contribution in [0.4, 0.5) is 0 Å². The molecule has 0 bridgehead atoms. The SMILES string of the molecule is C=Cc1cccc[c]1[Ti]. The molecule has 43 valence electrons. The van der Waals surface area contributed by atoms with Gasteiger partial charge in [-0.05, 0) is 0 Å². The molecular formula is C8H7Ti. The summed E-state index contributed by atoms with van der Waals surface area (Å²) in [6, 6.07) is 8.19. The molecule has 0 heterocycles. The zero-order valence-corrected chi connectivity index (χ0v) is 6.66. The molecule has 0 spiro atoms. The van der Waals surface area contributed by atoms with Crippen LogP contribution in [-0.2, 0) is 20.4 Å². The first kappa shape index (κ1) is 6.79. The number of rotatable bonds is 1. The van der Waals surface area contributed by atoms with E-state index in [2.05, 4.69) is 39.1 Å². The molecule has 0 atom stereocenters. The molecule has 1 rings (SSSR count). The Morgan fingerprint density at radius 1 is 1.33 bits per heavy atom. The monoisotopic (exact) mass is 151 g/mol. The number of hydrogen-bond acceptors (Lipinski definition) is 0. The Balaban J connectivity index is 3.15. The predicted octanol–water partition coefficient (Wildman–Crippen LogP) is 1.50. The summed E-state index contributed by atoms with van der Waals surface area (Å²) >= 11 is 2.08. The Morgan fingerprint density at radius 3 is 2.44 bits per heavy atom. The molecule has 0 radical (unpaired) electrons. The van der Waals surface area contributed by atoms with Crippen LogP contribution in [0.15, 0.2) is 30.8 Å². The Hall–Kier alpha value is -0.326. The van der Waals surface area contributed by atoms with Gasteiger partial charge in [0.1, 0.15) is 0 Å². The molecule has 0 amide bonds. The summed E-state index contributed by atoms with van der Waals surface area (Å²) in [5.41, 5.74) is 1.22. The molecular weight excluding hydrogens is 144 g/mol. The molecule has 0 saturated heterocycles. The van der Waals surface area contributed by atoms with E-state index in [1.165, 1.54) is 9.43 Å². The second-order valence-electron chi connectivity index (χ2n) is 1.79. The topological polar surface area (TPSA) is 0 Å². The Morgan fingerprint density at radius 2 is 2.00 bits per heavy atom. The minimum atomic E-state index is 1.22. The van der Waals surface area contributed by atoms with Gasteiger partial charge in [-0.25, -0.2) is 0 Å². The van der Waals surface area contributed by atoms with Gasteiger partial charge in [-0.15, -0.1) is 0 Å². The standard InChI is InChI=1S/C8H7.Ti/c1-2-8-6-4-3-5-7-8;/h2-6H,1H2;. The van der Waals surface area contributed by atoms with Gasteiger partial charge in [-0.1, -0.05) is 0 Å². The van der Waals surface area contributed by atoms with Crippen LogP contribution in [-0.4, -0.2) is 0 Å². The maximum atomic E-state index is 3.69. The summed E-state index contributed by atoms with van der Waals surface area (Å²) in [6.07, 6.45) is 1.87. The average molecular weight is 151 g/mol. The molecule has 0 N–H and O–H groups in total. The fourth-order valence-electron chi connectivity index (χ4n) is 0.675. The number of benzene rings is 1. The fourth-order valence-corrected chi connectivity index (χ4v) is 1.11. The summed E-state index contributed by atoms with van der Waals surface area (Å²) in [5.74, 6) is 0. The van der Waals surface area contributed by atoms with Gasteiger partial charge in [0.15, 0.2) is 0 Å². The summed E-state index contributed by atoms with van der Waals surface area (Å²) in [5, 5.41) is 0. The molecule has 0 aromatic heterocycles. The molecule has 9 heavy (non-hydrogen) atoms. The van der Waals surface area contributed by atoms with E-state index in [1.54, 1.807) is 0 Å². The predicted molar refractivity (Wildman–Crippen MR) is 36.2 cm³/mol. The van der Waals surface area contributed by atoms with Crippen molar-refractivity contribution >= 4 is 9.94 Å². The van der Waals surface area contributed by atoms with Gasteiger partial charge < -0.3 is 0 Å². The van der Waals surface area contributed by atoms with Gasteiger partial charge in [0.05, 0.1) is 0 Å². The zero-order chi connectivity index (χ0) is 6.69.